The van der Waals surface area contributed by atoms with E-state index in [4.69, 9.17) is 15.5 Å². The monoisotopic (exact) mass is 438 g/mol. The summed E-state index contributed by atoms with van der Waals surface area (Å²) in [6.45, 7) is 0. The van der Waals surface area contributed by atoms with Crippen LogP contribution in [0.15, 0.2) is 78.8 Å². The molecule has 156 valence electrons. The number of fused-ring (bicyclic) bond motifs is 4. The Hall–Kier alpha value is -3.78. The molecule has 2 aromatic carbocycles. The Labute approximate surface area is 188 Å². The van der Waals surface area contributed by atoms with Crippen molar-refractivity contribution in [1.82, 2.24) is 19.9 Å². The van der Waals surface area contributed by atoms with Crippen LogP contribution in [-0.2, 0) is 5.54 Å². The third-order valence-electron chi connectivity index (χ3n) is 5.87. The van der Waals surface area contributed by atoms with Crippen LogP contribution >= 0.6 is 11.8 Å². The molecule has 0 saturated heterocycles. The predicted octanol–water partition coefficient (Wildman–Crippen LogP) is 4.40. The third kappa shape index (κ3) is 3.03. The molecular formula is C24H18N6OS. The van der Waals surface area contributed by atoms with E-state index in [1.54, 1.807) is 36.5 Å². The molecule has 6 rings (SSSR count). The second-order valence-corrected chi connectivity index (χ2v) is 8.80. The van der Waals surface area contributed by atoms with Crippen molar-refractivity contribution in [3.63, 3.8) is 0 Å². The minimum absolute atomic E-state index is 0.581. The zero-order valence-electron chi connectivity index (χ0n) is 17.0. The summed E-state index contributed by atoms with van der Waals surface area (Å²) >= 11 is 1.58. The molecule has 32 heavy (non-hydrogen) atoms. The first-order chi connectivity index (χ1) is 15.7. The highest BCUT2D eigenvalue weighted by Crippen LogP contribution is 2.54. The maximum absolute atomic E-state index is 6.34. The average molecular weight is 439 g/mol. The highest BCUT2D eigenvalue weighted by molar-refractivity contribution is 8.13. The first kappa shape index (κ1) is 18.9. The molecule has 4 aromatic rings. The number of nitrogens with zero attached hydrogens (tertiary/aromatic N) is 5. The Kier molecular flexibility index (Phi) is 4.39. The van der Waals surface area contributed by atoms with E-state index >= 15 is 0 Å². The highest BCUT2D eigenvalue weighted by Gasteiger charge is 2.44. The summed E-state index contributed by atoms with van der Waals surface area (Å²) in [7, 11) is 0. The molecule has 7 nitrogen and oxygen atoms in total. The van der Waals surface area contributed by atoms with E-state index in [1.165, 1.54) is 12.7 Å². The van der Waals surface area contributed by atoms with Crippen molar-refractivity contribution in [3.8, 4) is 33.8 Å². The van der Waals surface area contributed by atoms with Crippen LogP contribution in [0.3, 0.4) is 0 Å². The molecule has 0 radical (unpaired) electrons. The summed E-state index contributed by atoms with van der Waals surface area (Å²) in [6, 6.07) is 12.3. The first-order valence-electron chi connectivity index (χ1n) is 10.2. The van der Waals surface area contributed by atoms with Crippen LogP contribution in [0.5, 0.6) is 11.5 Å². The number of amidine groups is 1. The fraction of sp³-hybridized carbons (Fsp3) is 0.125. The normalized spacial score (nSPS) is 15.9. The van der Waals surface area contributed by atoms with E-state index in [0.717, 1.165) is 57.1 Å². The van der Waals surface area contributed by atoms with Gasteiger partial charge in [0.15, 0.2) is 5.17 Å². The lowest BCUT2D eigenvalue weighted by atomic mass is 9.77. The number of benzene rings is 2. The molecular weight excluding hydrogens is 420 g/mol. The van der Waals surface area contributed by atoms with Gasteiger partial charge in [-0.05, 0) is 41.8 Å². The van der Waals surface area contributed by atoms with Crippen LogP contribution in [0, 0.1) is 0 Å². The molecule has 8 heteroatoms. The fourth-order valence-corrected chi connectivity index (χ4v) is 5.20. The molecule has 0 aliphatic carbocycles. The zero-order valence-corrected chi connectivity index (χ0v) is 17.8. The van der Waals surface area contributed by atoms with Crippen molar-refractivity contribution in [1.29, 1.82) is 0 Å². The van der Waals surface area contributed by atoms with Gasteiger partial charge in [-0.3, -0.25) is 0 Å². The van der Waals surface area contributed by atoms with Crippen molar-refractivity contribution in [2.45, 2.75) is 12.0 Å². The average Bonchev–Trinajstić information content (AvgIpc) is 2.85. The number of aliphatic imine (C=N–C) groups is 1. The minimum Gasteiger partial charge on any atom is -0.457 e. The molecule has 0 unspecified atom stereocenters. The summed E-state index contributed by atoms with van der Waals surface area (Å²) in [4.78, 5) is 21.7. The molecule has 0 saturated carbocycles. The molecule has 2 N–H and O–H groups in total. The second kappa shape index (κ2) is 7.42. The zero-order chi connectivity index (χ0) is 21.5. The SMILES string of the molecule is NC1=NC2(CCS1)c1cc(-c3cncnc3)ccc1Oc1ccc(-c3cncnc3)cc12. The van der Waals surface area contributed by atoms with E-state index < -0.39 is 5.54 Å². The van der Waals surface area contributed by atoms with Gasteiger partial charge in [0.05, 0.1) is 0 Å². The summed E-state index contributed by atoms with van der Waals surface area (Å²) in [5, 5.41) is 0.581. The van der Waals surface area contributed by atoms with Gasteiger partial charge in [0.2, 0.25) is 0 Å². The first-order valence-corrected chi connectivity index (χ1v) is 11.2. The van der Waals surface area contributed by atoms with E-state index in [2.05, 4.69) is 32.1 Å². The van der Waals surface area contributed by atoms with Gasteiger partial charge >= 0.3 is 0 Å². The number of hydrogen-bond donors (Lipinski definition) is 1. The second-order valence-electron chi connectivity index (χ2n) is 7.69. The van der Waals surface area contributed by atoms with Crippen LogP contribution < -0.4 is 10.5 Å². The van der Waals surface area contributed by atoms with Gasteiger partial charge in [0, 0.05) is 52.8 Å². The number of nitrogens with two attached hydrogens (primary N) is 1. The van der Waals surface area contributed by atoms with Gasteiger partial charge in [-0.15, -0.1) is 0 Å². The van der Waals surface area contributed by atoms with E-state index in [-0.39, 0.29) is 0 Å². The Bertz CT molecular complexity index is 1250. The van der Waals surface area contributed by atoms with Crippen molar-refractivity contribution in [2.24, 2.45) is 10.7 Å². The van der Waals surface area contributed by atoms with Crippen molar-refractivity contribution >= 4 is 16.9 Å². The molecule has 4 heterocycles. The Morgan fingerprint density at radius 1 is 0.750 bits per heavy atom. The van der Waals surface area contributed by atoms with Crippen molar-refractivity contribution in [3.05, 3.63) is 85.0 Å². The van der Waals surface area contributed by atoms with Gasteiger partial charge < -0.3 is 10.5 Å². The smallest absolute Gasteiger partial charge is 0.155 e. The molecule has 2 aliphatic heterocycles. The van der Waals surface area contributed by atoms with Crippen LogP contribution in [0.4, 0.5) is 0 Å². The Balaban J connectivity index is 1.58. The maximum atomic E-state index is 6.34. The lowest BCUT2D eigenvalue weighted by Crippen LogP contribution is -2.35. The van der Waals surface area contributed by atoms with Gasteiger partial charge in [0.25, 0.3) is 0 Å². The molecule has 0 amide bonds. The standard InChI is InChI=1S/C24H18N6OS/c25-23-30-24(5-6-32-23)19-7-15(17-9-26-13-27-10-17)1-3-21(19)31-22-4-2-16(8-20(22)24)18-11-28-14-29-12-18/h1-4,7-14H,5-6H2,(H2,25,30). The quantitative estimate of drug-likeness (QED) is 0.495. The number of aromatic nitrogens is 4. The fourth-order valence-electron chi connectivity index (χ4n) is 4.37. The third-order valence-corrected chi connectivity index (χ3v) is 6.67. The largest absolute Gasteiger partial charge is 0.457 e. The maximum Gasteiger partial charge on any atom is 0.155 e. The number of hydrogen-bond acceptors (Lipinski definition) is 8. The molecule has 1 spiro atoms. The lowest BCUT2D eigenvalue weighted by molar-refractivity contribution is 0.391. The molecule has 0 bridgehead atoms. The molecule has 2 aliphatic rings. The van der Waals surface area contributed by atoms with Gasteiger partial charge in [-0.1, -0.05) is 23.9 Å². The van der Waals surface area contributed by atoms with Gasteiger partial charge in [-0.2, -0.15) is 0 Å². The predicted molar refractivity (Wildman–Crippen MR) is 124 cm³/mol. The Morgan fingerprint density at radius 3 is 1.78 bits per heavy atom. The van der Waals surface area contributed by atoms with E-state index in [0.29, 0.717) is 5.17 Å². The van der Waals surface area contributed by atoms with E-state index in [1.807, 2.05) is 24.3 Å². The van der Waals surface area contributed by atoms with Crippen LogP contribution in [0.25, 0.3) is 22.3 Å². The van der Waals surface area contributed by atoms with Crippen LogP contribution in [0.1, 0.15) is 17.5 Å². The van der Waals surface area contributed by atoms with Gasteiger partial charge in [-0.25, -0.2) is 24.9 Å². The molecule has 0 fully saturated rings. The van der Waals surface area contributed by atoms with Crippen LogP contribution in [-0.4, -0.2) is 30.9 Å². The summed E-state index contributed by atoms with van der Waals surface area (Å²) in [6.07, 6.45) is 11.1. The molecule has 2 aromatic heterocycles. The van der Waals surface area contributed by atoms with Crippen molar-refractivity contribution in [2.75, 3.05) is 5.75 Å². The minimum atomic E-state index is -0.629. The lowest BCUT2D eigenvalue weighted by Gasteiger charge is -2.39. The van der Waals surface area contributed by atoms with Crippen molar-refractivity contribution < 1.29 is 4.74 Å². The summed E-state index contributed by atoms with van der Waals surface area (Å²) < 4.78 is 6.34. The number of ether oxygens (including phenoxy) is 1. The van der Waals surface area contributed by atoms with Gasteiger partial charge in [0.1, 0.15) is 29.7 Å². The summed E-state index contributed by atoms with van der Waals surface area (Å²) in [5.74, 6) is 2.45. The number of thioether (sulfide) groups is 1. The Morgan fingerprint density at radius 2 is 1.28 bits per heavy atom. The van der Waals surface area contributed by atoms with E-state index in [9.17, 15) is 0 Å². The molecule has 0 atom stereocenters. The summed E-state index contributed by atoms with van der Waals surface area (Å²) in [5.41, 5.74) is 11.5. The van der Waals surface area contributed by atoms with Crippen LogP contribution in [0.2, 0.25) is 0 Å². The number of rotatable bonds is 2. The topological polar surface area (TPSA) is 99.2 Å². The highest BCUT2D eigenvalue weighted by atomic mass is 32.2.